The second-order valence-corrected chi connectivity index (χ2v) is 8.45. The molecular formula is C16H20FNO4S. The Kier molecular flexibility index (Phi) is 4.18. The zero-order valence-electron chi connectivity index (χ0n) is 12.9. The third kappa shape index (κ3) is 3.12. The van der Waals surface area contributed by atoms with Crippen LogP contribution < -0.4 is 0 Å². The van der Waals surface area contributed by atoms with Crippen LogP contribution >= 0.6 is 0 Å². The van der Waals surface area contributed by atoms with Gasteiger partial charge < -0.3 is 5.11 Å². The number of halogens is 1. The zero-order valence-corrected chi connectivity index (χ0v) is 13.7. The first-order valence-electron chi connectivity index (χ1n) is 7.76. The van der Waals surface area contributed by atoms with Gasteiger partial charge in [-0.05, 0) is 43.7 Å². The van der Waals surface area contributed by atoms with Crippen molar-refractivity contribution in [2.45, 2.75) is 50.4 Å². The molecule has 1 aromatic carbocycles. The maximum atomic E-state index is 14.0. The Balaban J connectivity index is 1.87. The number of fused-ring (bicyclic) bond motifs is 2. The first-order chi connectivity index (χ1) is 10.8. The second-order valence-electron chi connectivity index (χ2n) is 6.57. The molecule has 0 spiro atoms. The number of piperidine rings is 1. The van der Waals surface area contributed by atoms with E-state index in [2.05, 4.69) is 0 Å². The highest BCUT2D eigenvalue weighted by Crippen LogP contribution is 2.45. The first-order valence-corrected chi connectivity index (χ1v) is 9.37. The van der Waals surface area contributed by atoms with E-state index in [9.17, 15) is 17.6 Å². The topological polar surface area (TPSA) is 74.7 Å². The number of hydrogen-bond acceptors (Lipinski definition) is 3. The van der Waals surface area contributed by atoms with Gasteiger partial charge in [-0.3, -0.25) is 4.79 Å². The van der Waals surface area contributed by atoms with E-state index in [1.165, 1.54) is 16.4 Å². The molecule has 1 aromatic rings. The highest BCUT2D eigenvalue weighted by molar-refractivity contribution is 7.88. The van der Waals surface area contributed by atoms with Crippen molar-refractivity contribution in [1.29, 1.82) is 0 Å². The summed E-state index contributed by atoms with van der Waals surface area (Å²) in [5.74, 6) is -1.84. The molecule has 1 aliphatic carbocycles. The van der Waals surface area contributed by atoms with Crippen molar-refractivity contribution in [3.63, 3.8) is 0 Å². The largest absolute Gasteiger partial charge is 0.481 e. The van der Waals surface area contributed by atoms with Crippen LogP contribution in [-0.4, -0.2) is 35.9 Å². The molecule has 1 aliphatic heterocycles. The molecule has 3 rings (SSSR count). The van der Waals surface area contributed by atoms with E-state index in [0.29, 0.717) is 6.42 Å². The molecule has 1 heterocycles. The summed E-state index contributed by atoms with van der Waals surface area (Å²) in [5, 5.41) is 9.07. The molecule has 1 N–H and O–H groups in total. The van der Waals surface area contributed by atoms with E-state index < -0.39 is 33.6 Å². The SMILES string of the molecule is Cc1ccc(CS(=O)(=O)N2[C@@H]3CC[C@@H](C3)[C@H]2CC(=O)O)c(F)c1. The molecule has 0 radical (unpaired) electrons. The van der Waals surface area contributed by atoms with E-state index in [4.69, 9.17) is 5.11 Å². The standard InChI is InChI=1S/C16H20FNO4S/c1-10-2-3-12(14(17)6-10)9-23(21,22)18-13-5-4-11(7-13)15(18)8-16(19)20/h2-3,6,11,13,15H,4-5,7-9H2,1H3,(H,19,20)/t11-,13+,15+/m0/s1. The van der Waals surface area contributed by atoms with Crippen LogP contribution in [0.4, 0.5) is 4.39 Å². The van der Waals surface area contributed by atoms with Crippen molar-refractivity contribution in [2.75, 3.05) is 0 Å². The Hall–Kier alpha value is -1.47. The average Bonchev–Trinajstić information content (AvgIpc) is 3.02. The van der Waals surface area contributed by atoms with Crippen molar-refractivity contribution in [3.8, 4) is 0 Å². The first kappa shape index (κ1) is 16.4. The zero-order chi connectivity index (χ0) is 16.8. The van der Waals surface area contributed by atoms with Crippen LogP contribution in [-0.2, 0) is 20.6 Å². The van der Waals surface area contributed by atoms with Crippen molar-refractivity contribution in [1.82, 2.24) is 4.31 Å². The molecule has 3 atom stereocenters. The Bertz CT molecular complexity index is 734. The molecule has 2 aliphatic rings. The van der Waals surface area contributed by atoms with E-state index in [0.717, 1.165) is 18.4 Å². The normalized spacial score (nSPS) is 27.5. The highest BCUT2D eigenvalue weighted by Gasteiger charge is 2.51. The molecule has 0 aromatic heterocycles. The molecule has 126 valence electrons. The van der Waals surface area contributed by atoms with Gasteiger partial charge in [0.15, 0.2) is 0 Å². The average molecular weight is 341 g/mol. The maximum absolute atomic E-state index is 14.0. The summed E-state index contributed by atoms with van der Waals surface area (Å²) in [7, 11) is -3.74. The van der Waals surface area contributed by atoms with Crippen molar-refractivity contribution in [3.05, 3.63) is 35.1 Å². The number of rotatable bonds is 5. The lowest BCUT2D eigenvalue weighted by Gasteiger charge is -2.33. The minimum Gasteiger partial charge on any atom is -0.481 e. The summed E-state index contributed by atoms with van der Waals surface area (Å²) in [6.45, 7) is 1.74. The molecule has 2 bridgehead atoms. The quantitative estimate of drug-likeness (QED) is 0.892. The number of carboxylic acids is 1. The molecule has 0 amide bonds. The number of benzene rings is 1. The number of aryl methyl sites for hydroxylation is 1. The van der Waals surface area contributed by atoms with Gasteiger partial charge in [0.2, 0.25) is 10.0 Å². The fraction of sp³-hybridized carbons (Fsp3) is 0.562. The summed E-state index contributed by atoms with van der Waals surface area (Å²) in [5.41, 5.74) is 0.861. The molecule has 1 saturated carbocycles. The van der Waals surface area contributed by atoms with Gasteiger partial charge in [-0.2, -0.15) is 4.31 Å². The van der Waals surface area contributed by atoms with E-state index in [1.807, 2.05) is 0 Å². The van der Waals surface area contributed by atoms with Crippen LogP contribution in [0.1, 0.15) is 36.8 Å². The number of carboxylic acid groups (broad SMARTS) is 1. The monoisotopic (exact) mass is 341 g/mol. The van der Waals surface area contributed by atoms with Gasteiger partial charge in [-0.25, -0.2) is 12.8 Å². The van der Waals surface area contributed by atoms with Crippen molar-refractivity contribution in [2.24, 2.45) is 5.92 Å². The van der Waals surface area contributed by atoms with Crippen molar-refractivity contribution < 1.29 is 22.7 Å². The van der Waals surface area contributed by atoms with E-state index >= 15 is 0 Å². The third-order valence-corrected chi connectivity index (χ3v) is 6.81. The number of hydrogen-bond donors (Lipinski definition) is 1. The van der Waals surface area contributed by atoms with Crippen molar-refractivity contribution >= 4 is 16.0 Å². The number of sulfonamides is 1. The second kappa shape index (κ2) is 5.87. The molecule has 1 saturated heterocycles. The lowest BCUT2D eigenvalue weighted by Crippen LogP contribution is -2.46. The predicted octanol–water partition coefficient (Wildman–Crippen LogP) is 2.29. The van der Waals surface area contributed by atoms with Gasteiger partial charge in [-0.1, -0.05) is 12.1 Å². The Labute approximate surface area is 135 Å². The summed E-state index contributed by atoms with van der Waals surface area (Å²) in [6.07, 6.45) is 2.16. The summed E-state index contributed by atoms with van der Waals surface area (Å²) >= 11 is 0. The number of nitrogens with zero attached hydrogens (tertiary/aromatic N) is 1. The minimum atomic E-state index is -3.74. The molecule has 5 nitrogen and oxygen atoms in total. The molecule has 23 heavy (non-hydrogen) atoms. The van der Waals surface area contributed by atoms with Gasteiger partial charge in [0.1, 0.15) is 5.82 Å². The predicted molar refractivity (Wildman–Crippen MR) is 82.8 cm³/mol. The summed E-state index contributed by atoms with van der Waals surface area (Å²) in [4.78, 5) is 11.1. The van der Waals surface area contributed by atoms with Crippen LogP contribution in [0.2, 0.25) is 0 Å². The Morgan fingerprint density at radius 3 is 2.78 bits per heavy atom. The van der Waals surface area contributed by atoms with Gasteiger partial charge in [0.05, 0.1) is 12.2 Å². The van der Waals surface area contributed by atoms with Crippen LogP contribution in [0.3, 0.4) is 0 Å². The molecular weight excluding hydrogens is 321 g/mol. The molecule has 0 unspecified atom stereocenters. The van der Waals surface area contributed by atoms with Gasteiger partial charge in [0.25, 0.3) is 0 Å². The lowest BCUT2D eigenvalue weighted by atomic mass is 9.97. The van der Waals surface area contributed by atoms with E-state index in [-0.39, 0.29) is 23.9 Å². The minimum absolute atomic E-state index is 0.105. The van der Waals surface area contributed by atoms with Gasteiger partial charge >= 0.3 is 5.97 Å². The van der Waals surface area contributed by atoms with Crippen LogP contribution in [0.15, 0.2) is 18.2 Å². The summed E-state index contributed by atoms with van der Waals surface area (Å²) < 4.78 is 40.9. The third-order valence-electron chi connectivity index (χ3n) is 4.93. The fourth-order valence-electron chi connectivity index (χ4n) is 3.96. The molecule has 7 heteroatoms. The lowest BCUT2D eigenvalue weighted by molar-refractivity contribution is -0.138. The molecule has 2 fully saturated rings. The van der Waals surface area contributed by atoms with Crippen LogP contribution in [0, 0.1) is 18.7 Å². The smallest absolute Gasteiger partial charge is 0.304 e. The fourth-order valence-corrected chi connectivity index (χ4v) is 6.04. The van der Waals surface area contributed by atoms with Crippen LogP contribution in [0.5, 0.6) is 0 Å². The van der Waals surface area contributed by atoms with Gasteiger partial charge in [0, 0.05) is 17.6 Å². The Morgan fingerprint density at radius 2 is 2.13 bits per heavy atom. The number of carbonyl (C=O) groups is 1. The number of aliphatic carboxylic acids is 1. The van der Waals surface area contributed by atoms with E-state index in [1.54, 1.807) is 13.0 Å². The highest BCUT2D eigenvalue weighted by atomic mass is 32.2. The maximum Gasteiger partial charge on any atom is 0.304 e. The van der Waals surface area contributed by atoms with Gasteiger partial charge in [-0.15, -0.1) is 0 Å². The Morgan fingerprint density at radius 1 is 1.39 bits per heavy atom. The van der Waals surface area contributed by atoms with Crippen LogP contribution in [0.25, 0.3) is 0 Å². The summed E-state index contributed by atoms with van der Waals surface area (Å²) in [6, 6.07) is 3.85.